The number of hydrogen-bond donors (Lipinski definition) is 1. The molecule has 0 bridgehead atoms. The highest BCUT2D eigenvalue weighted by molar-refractivity contribution is 6.30. The number of hydrogen-bond acceptors (Lipinski definition) is 4. The van der Waals surface area contributed by atoms with Crippen molar-refractivity contribution in [1.82, 2.24) is 15.5 Å². The predicted molar refractivity (Wildman–Crippen MR) is 71.7 cm³/mol. The molecular formula is C13H14ClN3O2. The SMILES string of the molecule is CCC(=O)NCCc1nc(-c2ccc(Cl)cc2)no1. The van der Waals surface area contributed by atoms with Crippen molar-refractivity contribution < 1.29 is 9.32 Å². The van der Waals surface area contributed by atoms with Crippen LogP contribution >= 0.6 is 11.6 Å². The Bertz CT molecular complexity index is 551. The topological polar surface area (TPSA) is 68.0 Å². The Kier molecular flexibility index (Phi) is 4.52. The Morgan fingerprint density at radius 2 is 2.11 bits per heavy atom. The first-order valence-electron chi connectivity index (χ1n) is 6.04. The van der Waals surface area contributed by atoms with Crippen LogP contribution in [0.15, 0.2) is 28.8 Å². The van der Waals surface area contributed by atoms with E-state index in [0.29, 0.717) is 36.1 Å². The average molecular weight is 280 g/mol. The van der Waals surface area contributed by atoms with Crippen molar-refractivity contribution >= 4 is 17.5 Å². The number of amides is 1. The first kappa shape index (κ1) is 13.5. The van der Waals surface area contributed by atoms with Crippen LogP contribution < -0.4 is 5.32 Å². The van der Waals surface area contributed by atoms with Crippen LogP contribution in [-0.4, -0.2) is 22.6 Å². The summed E-state index contributed by atoms with van der Waals surface area (Å²) >= 11 is 5.81. The van der Waals surface area contributed by atoms with E-state index >= 15 is 0 Å². The van der Waals surface area contributed by atoms with Gasteiger partial charge in [0.15, 0.2) is 0 Å². The molecule has 0 atom stereocenters. The molecular weight excluding hydrogens is 266 g/mol. The molecule has 0 saturated carbocycles. The summed E-state index contributed by atoms with van der Waals surface area (Å²) in [6, 6.07) is 7.20. The van der Waals surface area contributed by atoms with Crippen molar-refractivity contribution in [2.24, 2.45) is 0 Å². The molecule has 0 fully saturated rings. The van der Waals surface area contributed by atoms with E-state index in [1.54, 1.807) is 19.1 Å². The van der Waals surface area contributed by atoms with Crippen LogP contribution in [0.25, 0.3) is 11.4 Å². The molecule has 1 N–H and O–H groups in total. The van der Waals surface area contributed by atoms with Gasteiger partial charge in [0.25, 0.3) is 0 Å². The van der Waals surface area contributed by atoms with E-state index in [-0.39, 0.29) is 5.91 Å². The second kappa shape index (κ2) is 6.33. The average Bonchev–Trinajstić information content (AvgIpc) is 2.88. The van der Waals surface area contributed by atoms with Gasteiger partial charge in [0.2, 0.25) is 17.6 Å². The van der Waals surface area contributed by atoms with Gasteiger partial charge in [-0.25, -0.2) is 0 Å². The van der Waals surface area contributed by atoms with Crippen LogP contribution in [0.4, 0.5) is 0 Å². The van der Waals surface area contributed by atoms with Crippen molar-refractivity contribution in [2.45, 2.75) is 19.8 Å². The highest BCUT2D eigenvalue weighted by Gasteiger charge is 2.08. The van der Waals surface area contributed by atoms with E-state index in [0.717, 1.165) is 5.56 Å². The fraction of sp³-hybridized carbons (Fsp3) is 0.308. The standard InChI is InChI=1S/C13H14ClN3O2/c1-2-11(18)15-8-7-12-16-13(17-19-12)9-3-5-10(14)6-4-9/h3-6H,2,7-8H2,1H3,(H,15,18). The second-order valence-corrected chi connectivity index (χ2v) is 4.41. The van der Waals surface area contributed by atoms with Gasteiger partial charge in [-0.3, -0.25) is 4.79 Å². The molecule has 1 aromatic carbocycles. The molecule has 2 rings (SSSR count). The molecule has 0 aliphatic rings. The number of halogens is 1. The molecule has 0 aliphatic carbocycles. The number of carbonyl (C=O) groups is 1. The molecule has 19 heavy (non-hydrogen) atoms. The second-order valence-electron chi connectivity index (χ2n) is 3.97. The first-order valence-corrected chi connectivity index (χ1v) is 6.42. The minimum Gasteiger partial charge on any atom is -0.356 e. The molecule has 0 spiro atoms. The number of nitrogens with one attached hydrogen (secondary N) is 1. The molecule has 1 aromatic heterocycles. The van der Waals surface area contributed by atoms with E-state index in [2.05, 4.69) is 15.5 Å². The van der Waals surface area contributed by atoms with Gasteiger partial charge in [-0.1, -0.05) is 23.7 Å². The molecule has 0 unspecified atom stereocenters. The summed E-state index contributed by atoms with van der Waals surface area (Å²) in [5.41, 5.74) is 0.844. The Hall–Kier alpha value is -1.88. The quantitative estimate of drug-likeness (QED) is 0.913. The summed E-state index contributed by atoms with van der Waals surface area (Å²) in [4.78, 5) is 15.3. The molecule has 5 nitrogen and oxygen atoms in total. The summed E-state index contributed by atoms with van der Waals surface area (Å²) in [7, 11) is 0. The Balaban J connectivity index is 1.95. The van der Waals surface area contributed by atoms with E-state index in [1.165, 1.54) is 0 Å². The molecule has 2 aromatic rings. The summed E-state index contributed by atoms with van der Waals surface area (Å²) in [5.74, 6) is 1.03. The minimum atomic E-state index is 0.0115. The van der Waals surface area contributed by atoms with Crippen molar-refractivity contribution in [1.29, 1.82) is 0 Å². The molecule has 0 saturated heterocycles. The molecule has 0 radical (unpaired) electrons. The highest BCUT2D eigenvalue weighted by Crippen LogP contribution is 2.18. The van der Waals surface area contributed by atoms with Crippen molar-refractivity contribution in [3.63, 3.8) is 0 Å². The lowest BCUT2D eigenvalue weighted by Crippen LogP contribution is -2.24. The number of carbonyl (C=O) groups excluding carboxylic acids is 1. The Morgan fingerprint density at radius 1 is 1.37 bits per heavy atom. The normalized spacial score (nSPS) is 10.4. The zero-order chi connectivity index (χ0) is 13.7. The first-order chi connectivity index (χ1) is 9.19. The van der Waals surface area contributed by atoms with Gasteiger partial charge < -0.3 is 9.84 Å². The fourth-order valence-corrected chi connectivity index (χ4v) is 1.63. The van der Waals surface area contributed by atoms with Crippen molar-refractivity contribution in [3.05, 3.63) is 35.2 Å². The molecule has 1 heterocycles. The Morgan fingerprint density at radius 3 is 2.79 bits per heavy atom. The lowest BCUT2D eigenvalue weighted by Gasteiger charge is -1.99. The van der Waals surface area contributed by atoms with Gasteiger partial charge in [-0.05, 0) is 24.3 Å². The summed E-state index contributed by atoms with van der Waals surface area (Å²) < 4.78 is 5.12. The van der Waals surface area contributed by atoms with Gasteiger partial charge in [0, 0.05) is 30.0 Å². The van der Waals surface area contributed by atoms with Crippen LogP contribution in [0.3, 0.4) is 0 Å². The summed E-state index contributed by atoms with van der Waals surface area (Å²) in [6.45, 7) is 2.30. The van der Waals surface area contributed by atoms with E-state index in [1.807, 2.05) is 12.1 Å². The third-order valence-electron chi connectivity index (χ3n) is 2.55. The third kappa shape index (κ3) is 3.79. The van der Waals surface area contributed by atoms with Crippen LogP contribution in [0.2, 0.25) is 5.02 Å². The molecule has 1 amide bonds. The van der Waals surface area contributed by atoms with Crippen LogP contribution in [-0.2, 0) is 11.2 Å². The van der Waals surface area contributed by atoms with Crippen LogP contribution in [0.5, 0.6) is 0 Å². The van der Waals surface area contributed by atoms with Crippen LogP contribution in [0, 0.1) is 0 Å². The molecule has 6 heteroatoms. The largest absolute Gasteiger partial charge is 0.356 e. The molecule has 0 aliphatic heterocycles. The lowest BCUT2D eigenvalue weighted by molar-refractivity contribution is -0.120. The highest BCUT2D eigenvalue weighted by atomic mass is 35.5. The summed E-state index contributed by atoms with van der Waals surface area (Å²) in [5, 5.41) is 7.31. The number of benzene rings is 1. The maximum atomic E-state index is 11.1. The van der Waals surface area contributed by atoms with E-state index in [9.17, 15) is 4.79 Å². The number of rotatable bonds is 5. The smallest absolute Gasteiger partial charge is 0.228 e. The van der Waals surface area contributed by atoms with Gasteiger partial charge in [-0.15, -0.1) is 0 Å². The van der Waals surface area contributed by atoms with Gasteiger partial charge in [0.05, 0.1) is 0 Å². The zero-order valence-electron chi connectivity index (χ0n) is 10.5. The zero-order valence-corrected chi connectivity index (χ0v) is 11.3. The number of nitrogens with zero attached hydrogens (tertiary/aromatic N) is 2. The van der Waals surface area contributed by atoms with E-state index < -0.39 is 0 Å². The van der Waals surface area contributed by atoms with Crippen LogP contribution in [0.1, 0.15) is 19.2 Å². The maximum Gasteiger partial charge on any atom is 0.228 e. The van der Waals surface area contributed by atoms with Crippen molar-refractivity contribution in [2.75, 3.05) is 6.54 Å². The minimum absolute atomic E-state index is 0.0115. The summed E-state index contributed by atoms with van der Waals surface area (Å²) in [6.07, 6.45) is 0.992. The van der Waals surface area contributed by atoms with E-state index in [4.69, 9.17) is 16.1 Å². The third-order valence-corrected chi connectivity index (χ3v) is 2.80. The van der Waals surface area contributed by atoms with Gasteiger partial charge in [-0.2, -0.15) is 4.98 Å². The Labute approximate surface area is 116 Å². The monoisotopic (exact) mass is 279 g/mol. The predicted octanol–water partition coefficient (Wildman–Crippen LogP) is 2.46. The number of aromatic nitrogens is 2. The molecule has 100 valence electrons. The van der Waals surface area contributed by atoms with Gasteiger partial charge >= 0.3 is 0 Å². The fourth-order valence-electron chi connectivity index (χ4n) is 1.51. The van der Waals surface area contributed by atoms with Gasteiger partial charge in [0.1, 0.15) is 0 Å². The lowest BCUT2D eigenvalue weighted by atomic mass is 10.2. The maximum absolute atomic E-state index is 11.1. The van der Waals surface area contributed by atoms with Crippen molar-refractivity contribution in [3.8, 4) is 11.4 Å².